The first-order valence-corrected chi connectivity index (χ1v) is 9.23. The van der Waals surface area contributed by atoms with E-state index in [0.29, 0.717) is 0 Å². The summed E-state index contributed by atoms with van der Waals surface area (Å²) < 4.78 is 2.01. The zero-order valence-corrected chi connectivity index (χ0v) is 14.9. The van der Waals surface area contributed by atoms with E-state index in [1.807, 2.05) is 21.7 Å². The van der Waals surface area contributed by atoms with E-state index in [2.05, 4.69) is 41.4 Å². The highest BCUT2D eigenvalue weighted by molar-refractivity contribution is 5.99. The third-order valence-electron chi connectivity index (χ3n) is 5.19. The number of nitrogens with one attached hydrogen (secondary N) is 1. The topological polar surface area (TPSA) is 63.1 Å². The number of hydrogen-bond acceptors (Lipinski definition) is 4. The zero-order valence-electron chi connectivity index (χ0n) is 14.9. The Morgan fingerprint density at radius 1 is 1.16 bits per heavy atom. The van der Waals surface area contributed by atoms with Crippen molar-refractivity contribution in [3.63, 3.8) is 0 Å². The fraction of sp³-hybridized carbons (Fsp3) is 0.526. The fourth-order valence-corrected chi connectivity index (χ4v) is 3.77. The summed E-state index contributed by atoms with van der Waals surface area (Å²) in [6.07, 6.45) is 3.75. The molecule has 1 aromatic carbocycles. The molecule has 1 aromatic heterocycles. The van der Waals surface area contributed by atoms with Gasteiger partial charge in [-0.25, -0.2) is 9.67 Å². The Morgan fingerprint density at radius 3 is 2.72 bits per heavy atom. The van der Waals surface area contributed by atoms with Crippen LogP contribution in [0.3, 0.4) is 0 Å². The standard InChI is InChI=1S/C19H25N5O/c1-3-17-21-18-15(5-4-11-24(18)22-17)20-16-10-12-23(19(16)25)14-8-6-13(2)7-9-14/h6-9,15-16,20H,3-5,10-12H2,1-2H3/t15-,16+/m1/s1. The average Bonchev–Trinajstić information content (AvgIpc) is 3.20. The number of rotatable bonds is 4. The summed E-state index contributed by atoms with van der Waals surface area (Å²) in [5.74, 6) is 2.05. The van der Waals surface area contributed by atoms with E-state index < -0.39 is 0 Å². The van der Waals surface area contributed by atoms with Gasteiger partial charge in [0.05, 0.1) is 12.1 Å². The third kappa shape index (κ3) is 3.06. The molecular formula is C19H25N5O. The normalized spacial score (nSPS) is 23.1. The molecular weight excluding hydrogens is 314 g/mol. The van der Waals surface area contributed by atoms with Gasteiger partial charge in [0.25, 0.3) is 0 Å². The molecule has 2 aliphatic rings. The van der Waals surface area contributed by atoms with Crippen LogP contribution in [-0.4, -0.2) is 33.3 Å². The molecule has 0 bridgehead atoms. The third-order valence-corrected chi connectivity index (χ3v) is 5.19. The van der Waals surface area contributed by atoms with Crippen molar-refractivity contribution in [1.82, 2.24) is 20.1 Å². The van der Waals surface area contributed by atoms with Gasteiger partial charge in [0, 0.05) is 25.2 Å². The van der Waals surface area contributed by atoms with Crippen LogP contribution in [-0.2, 0) is 17.8 Å². The minimum absolute atomic E-state index is 0.119. The summed E-state index contributed by atoms with van der Waals surface area (Å²) in [6, 6.07) is 8.15. The quantitative estimate of drug-likeness (QED) is 0.929. The number of carbonyl (C=O) groups excluding carboxylic acids is 1. The van der Waals surface area contributed by atoms with E-state index in [1.165, 1.54) is 5.56 Å². The summed E-state index contributed by atoms with van der Waals surface area (Å²) in [5.41, 5.74) is 2.19. The Bertz CT molecular complexity index is 767. The number of anilines is 1. The van der Waals surface area contributed by atoms with Crippen LogP contribution in [0.2, 0.25) is 0 Å². The van der Waals surface area contributed by atoms with Crippen LogP contribution in [0.1, 0.15) is 49.4 Å². The monoisotopic (exact) mass is 339 g/mol. The summed E-state index contributed by atoms with van der Waals surface area (Å²) in [6.45, 7) is 5.82. The molecule has 6 heteroatoms. The lowest BCUT2D eigenvalue weighted by molar-refractivity contribution is -0.119. The van der Waals surface area contributed by atoms with Crippen molar-refractivity contribution >= 4 is 11.6 Å². The Balaban J connectivity index is 1.48. The summed E-state index contributed by atoms with van der Waals surface area (Å²) in [7, 11) is 0. The first-order chi connectivity index (χ1) is 12.2. The largest absolute Gasteiger partial charge is 0.311 e. The molecule has 0 spiro atoms. The minimum Gasteiger partial charge on any atom is -0.311 e. The van der Waals surface area contributed by atoms with Gasteiger partial charge in [0.1, 0.15) is 5.82 Å². The number of benzene rings is 1. The molecule has 0 radical (unpaired) electrons. The van der Waals surface area contributed by atoms with Crippen LogP contribution in [0, 0.1) is 6.92 Å². The maximum Gasteiger partial charge on any atom is 0.244 e. The Labute approximate surface area is 148 Å². The van der Waals surface area contributed by atoms with Gasteiger partial charge in [-0.15, -0.1) is 0 Å². The van der Waals surface area contributed by atoms with E-state index in [0.717, 1.165) is 56.1 Å². The van der Waals surface area contributed by atoms with Crippen molar-refractivity contribution in [3.8, 4) is 0 Å². The van der Waals surface area contributed by atoms with E-state index in [9.17, 15) is 4.79 Å². The van der Waals surface area contributed by atoms with Crippen molar-refractivity contribution < 1.29 is 4.79 Å². The van der Waals surface area contributed by atoms with Crippen molar-refractivity contribution in [2.75, 3.05) is 11.4 Å². The van der Waals surface area contributed by atoms with Gasteiger partial charge in [-0.2, -0.15) is 5.10 Å². The second-order valence-electron chi connectivity index (χ2n) is 6.99. The van der Waals surface area contributed by atoms with Gasteiger partial charge in [0.2, 0.25) is 5.91 Å². The van der Waals surface area contributed by atoms with Crippen molar-refractivity contribution in [1.29, 1.82) is 0 Å². The van der Waals surface area contributed by atoms with Gasteiger partial charge in [-0.1, -0.05) is 24.6 Å². The number of nitrogens with zero attached hydrogens (tertiary/aromatic N) is 4. The molecule has 3 heterocycles. The zero-order chi connectivity index (χ0) is 17.4. The smallest absolute Gasteiger partial charge is 0.244 e. The van der Waals surface area contributed by atoms with Crippen LogP contribution < -0.4 is 10.2 Å². The molecule has 2 aromatic rings. The van der Waals surface area contributed by atoms with Crippen molar-refractivity contribution in [3.05, 3.63) is 41.5 Å². The highest BCUT2D eigenvalue weighted by Crippen LogP contribution is 2.27. The van der Waals surface area contributed by atoms with Crippen LogP contribution >= 0.6 is 0 Å². The maximum absolute atomic E-state index is 12.9. The van der Waals surface area contributed by atoms with Crippen molar-refractivity contribution in [2.24, 2.45) is 0 Å². The minimum atomic E-state index is -0.139. The van der Waals surface area contributed by atoms with Gasteiger partial charge in [0.15, 0.2) is 5.82 Å². The van der Waals surface area contributed by atoms with E-state index in [-0.39, 0.29) is 18.0 Å². The highest BCUT2D eigenvalue weighted by Gasteiger charge is 2.35. The first kappa shape index (κ1) is 16.3. The van der Waals surface area contributed by atoms with Crippen LogP contribution in [0.5, 0.6) is 0 Å². The lowest BCUT2D eigenvalue weighted by Gasteiger charge is -2.26. The van der Waals surface area contributed by atoms with Crippen molar-refractivity contribution in [2.45, 2.75) is 58.2 Å². The molecule has 25 heavy (non-hydrogen) atoms. The first-order valence-electron chi connectivity index (χ1n) is 9.23. The van der Waals surface area contributed by atoms with Crippen LogP contribution in [0.4, 0.5) is 5.69 Å². The summed E-state index contributed by atoms with van der Waals surface area (Å²) >= 11 is 0. The molecule has 4 rings (SSSR count). The highest BCUT2D eigenvalue weighted by atomic mass is 16.2. The lowest BCUT2D eigenvalue weighted by atomic mass is 10.1. The number of amides is 1. The van der Waals surface area contributed by atoms with E-state index in [4.69, 9.17) is 0 Å². The molecule has 2 aliphatic heterocycles. The average molecular weight is 339 g/mol. The SMILES string of the molecule is CCc1nc2n(n1)CCC[C@H]2N[C@H]1CCN(c2ccc(C)cc2)C1=O. The predicted octanol–water partition coefficient (Wildman–Crippen LogP) is 2.38. The second-order valence-corrected chi connectivity index (χ2v) is 6.99. The summed E-state index contributed by atoms with van der Waals surface area (Å²) in [5, 5.41) is 8.11. The van der Waals surface area contributed by atoms with E-state index >= 15 is 0 Å². The molecule has 1 amide bonds. The maximum atomic E-state index is 12.9. The second kappa shape index (κ2) is 6.59. The predicted molar refractivity (Wildman–Crippen MR) is 96.4 cm³/mol. The van der Waals surface area contributed by atoms with Gasteiger partial charge < -0.3 is 4.90 Å². The molecule has 0 aliphatic carbocycles. The molecule has 1 N–H and O–H groups in total. The number of aryl methyl sites for hydroxylation is 3. The number of hydrogen-bond donors (Lipinski definition) is 1. The van der Waals surface area contributed by atoms with Gasteiger partial charge in [-0.05, 0) is 38.3 Å². The molecule has 2 atom stereocenters. The Kier molecular flexibility index (Phi) is 4.29. The Morgan fingerprint density at radius 2 is 1.96 bits per heavy atom. The van der Waals surface area contributed by atoms with Gasteiger partial charge >= 0.3 is 0 Å². The van der Waals surface area contributed by atoms with Crippen LogP contribution in [0.15, 0.2) is 24.3 Å². The number of carbonyl (C=O) groups is 1. The van der Waals surface area contributed by atoms with Crippen LogP contribution in [0.25, 0.3) is 0 Å². The molecule has 1 saturated heterocycles. The van der Waals surface area contributed by atoms with Gasteiger partial charge in [-0.3, -0.25) is 10.1 Å². The number of fused-ring (bicyclic) bond motifs is 1. The molecule has 6 nitrogen and oxygen atoms in total. The molecule has 0 unspecified atom stereocenters. The van der Waals surface area contributed by atoms with E-state index in [1.54, 1.807) is 0 Å². The Hall–Kier alpha value is -2.21. The molecule has 132 valence electrons. The fourth-order valence-electron chi connectivity index (χ4n) is 3.77. The molecule has 0 saturated carbocycles. The number of aromatic nitrogens is 3. The molecule has 1 fully saturated rings. The lowest BCUT2D eigenvalue weighted by Crippen LogP contribution is -2.42. The summed E-state index contributed by atoms with van der Waals surface area (Å²) in [4.78, 5) is 19.4.